The molecule has 96 valence electrons. The Morgan fingerprint density at radius 3 is 2.24 bits per heavy atom. The molecule has 17 heavy (non-hydrogen) atoms. The molecule has 1 aromatic rings. The molecule has 0 radical (unpaired) electrons. The highest BCUT2D eigenvalue weighted by Gasteiger charge is 2.31. The van der Waals surface area contributed by atoms with E-state index in [9.17, 15) is 4.57 Å². The van der Waals surface area contributed by atoms with Gasteiger partial charge in [-0.3, -0.25) is 0 Å². The summed E-state index contributed by atoms with van der Waals surface area (Å²) < 4.78 is 23.4. The minimum atomic E-state index is -3.00. The molecule has 7 heteroatoms. The highest BCUT2D eigenvalue weighted by Crippen LogP contribution is 2.51. The zero-order valence-corrected chi connectivity index (χ0v) is 14.8. The van der Waals surface area contributed by atoms with Crippen LogP contribution in [0.4, 0.5) is 0 Å². The summed E-state index contributed by atoms with van der Waals surface area (Å²) in [4.78, 5) is 0. The maximum atomic E-state index is 12.7. The van der Waals surface area contributed by atoms with Crippen LogP contribution in [0.2, 0.25) is 0 Å². The second-order valence-electron chi connectivity index (χ2n) is 3.85. The van der Waals surface area contributed by atoms with Gasteiger partial charge in [0.05, 0.1) is 4.47 Å². The van der Waals surface area contributed by atoms with Gasteiger partial charge in [-0.25, -0.2) is 13.9 Å². The van der Waals surface area contributed by atoms with Crippen LogP contribution in [0.1, 0.15) is 0 Å². The Labute approximate surface area is 124 Å². The quantitative estimate of drug-likeness (QED) is 0.537. The van der Waals surface area contributed by atoms with E-state index in [0.717, 1.165) is 8.04 Å². The van der Waals surface area contributed by atoms with Crippen LogP contribution in [0, 0.1) is 3.57 Å². The van der Waals surface area contributed by atoms with Gasteiger partial charge in [0.2, 0.25) is 0 Å². The van der Waals surface area contributed by atoms with Crippen LogP contribution in [0.3, 0.4) is 0 Å². The van der Waals surface area contributed by atoms with E-state index in [1.807, 2.05) is 18.2 Å². The van der Waals surface area contributed by atoms with E-state index in [-0.39, 0.29) is 0 Å². The van der Waals surface area contributed by atoms with E-state index in [0.29, 0.717) is 5.75 Å². The lowest BCUT2D eigenvalue weighted by molar-refractivity contribution is 0.353. The Kier molecular flexibility index (Phi) is 5.46. The molecule has 0 N–H and O–H groups in total. The van der Waals surface area contributed by atoms with Crippen molar-refractivity contribution in [2.75, 3.05) is 28.2 Å². The molecule has 0 fully saturated rings. The SMILES string of the molecule is CN(C)P(=O)(Oc1cc(I)ccc1Br)N(C)C. The third kappa shape index (κ3) is 3.67. The van der Waals surface area contributed by atoms with Crippen molar-refractivity contribution in [1.29, 1.82) is 0 Å². The van der Waals surface area contributed by atoms with Crippen LogP contribution < -0.4 is 4.52 Å². The van der Waals surface area contributed by atoms with Crippen molar-refractivity contribution in [2.45, 2.75) is 0 Å². The van der Waals surface area contributed by atoms with Crippen molar-refractivity contribution in [3.05, 3.63) is 26.2 Å². The minimum Gasteiger partial charge on any atom is -0.421 e. The molecule has 4 nitrogen and oxygen atoms in total. The first-order valence-electron chi connectivity index (χ1n) is 4.87. The highest BCUT2D eigenvalue weighted by atomic mass is 127. The first-order chi connectivity index (χ1) is 7.77. The molecule has 0 atom stereocenters. The molecule has 0 heterocycles. The van der Waals surface area contributed by atoms with Crippen molar-refractivity contribution in [3.63, 3.8) is 0 Å². The monoisotopic (exact) mass is 432 g/mol. The smallest absolute Gasteiger partial charge is 0.394 e. The van der Waals surface area contributed by atoms with Crippen molar-refractivity contribution >= 4 is 46.2 Å². The number of hydrogen-bond acceptors (Lipinski definition) is 2. The summed E-state index contributed by atoms with van der Waals surface area (Å²) in [5, 5.41) is 0. The number of rotatable bonds is 4. The summed E-state index contributed by atoms with van der Waals surface area (Å²) >= 11 is 5.59. The molecule has 0 aromatic heterocycles. The first kappa shape index (κ1) is 15.4. The van der Waals surface area contributed by atoms with E-state index in [1.54, 1.807) is 37.5 Å². The van der Waals surface area contributed by atoms with Gasteiger partial charge in [0.15, 0.2) is 0 Å². The van der Waals surface area contributed by atoms with Gasteiger partial charge in [-0.2, -0.15) is 0 Å². The fourth-order valence-electron chi connectivity index (χ4n) is 1.20. The molecular weight excluding hydrogens is 418 g/mol. The van der Waals surface area contributed by atoms with E-state index in [1.165, 1.54) is 0 Å². The van der Waals surface area contributed by atoms with Gasteiger partial charge in [0.1, 0.15) is 5.75 Å². The second-order valence-corrected chi connectivity index (χ2v) is 8.71. The van der Waals surface area contributed by atoms with E-state index in [4.69, 9.17) is 4.52 Å². The molecule has 0 amide bonds. The fraction of sp³-hybridized carbons (Fsp3) is 0.400. The number of halogens is 2. The maximum absolute atomic E-state index is 12.7. The Morgan fingerprint density at radius 1 is 1.24 bits per heavy atom. The van der Waals surface area contributed by atoms with Crippen molar-refractivity contribution in [2.24, 2.45) is 0 Å². The topological polar surface area (TPSA) is 32.8 Å². The molecule has 1 rings (SSSR count). The predicted octanol–water partition coefficient (Wildman–Crippen LogP) is 3.66. The normalized spacial score (nSPS) is 12.2. The molecule has 0 saturated carbocycles. The van der Waals surface area contributed by atoms with Gasteiger partial charge >= 0.3 is 7.67 Å². The molecule has 0 aliphatic carbocycles. The zero-order chi connectivity index (χ0) is 13.2. The Morgan fingerprint density at radius 2 is 1.76 bits per heavy atom. The predicted molar refractivity (Wildman–Crippen MR) is 82.5 cm³/mol. The van der Waals surface area contributed by atoms with Crippen molar-refractivity contribution < 1.29 is 9.09 Å². The summed E-state index contributed by atoms with van der Waals surface area (Å²) in [5.41, 5.74) is 0. The molecular formula is C10H15BrIN2O2P. The molecule has 1 aromatic carbocycles. The summed E-state index contributed by atoms with van der Waals surface area (Å²) in [6.45, 7) is 0. The zero-order valence-electron chi connectivity index (χ0n) is 10.1. The third-order valence-corrected chi connectivity index (χ3v) is 5.90. The van der Waals surface area contributed by atoms with Crippen molar-refractivity contribution in [1.82, 2.24) is 9.34 Å². The van der Waals surface area contributed by atoms with Crippen LogP contribution >= 0.6 is 46.2 Å². The van der Waals surface area contributed by atoms with E-state index < -0.39 is 7.67 Å². The first-order valence-corrected chi connectivity index (χ1v) is 8.28. The summed E-state index contributed by atoms with van der Waals surface area (Å²) in [6, 6.07) is 5.69. The van der Waals surface area contributed by atoms with Gasteiger partial charge in [-0.05, 0) is 84.9 Å². The number of benzene rings is 1. The van der Waals surface area contributed by atoms with Gasteiger partial charge < -0.3 is 4.52 Å². The maximum Gasteiger partial charge on any atom is 0.394 e. The van der Waals surface area contributed by atoms with Crippen LogP contribution in [0.5, 0.6) is 5.75 Å². The lowest BCUT2D eigenvalue weighted by Crippen LogP contribution is -2.24. The summed E-state index contributed by atoms with van der Waals surface area (Å²) in [7, 11) is 3.96. The van der Waals surface area contributed by atoms with Gasteiger partial charge in [-0.1, -0.05) is 0 Å². The summed E-state index contributed by atoms with van der Waals surface area (Å²) in [5.74, 6) is 0.586. The van der Waals surface area contributed by atoms with Gasteiger partial charge in [0.25, 0.3) is 0 Å². The fourth-order valence-corrected chi connectivity index (χ4v) is 3.56. The Balaban J connectivity index is 3.11. The molecule has 0 aliphatic heterocycles. The molecule has 0 bridgehead atoms. The average molecular weight is 433 g/mol. The number of nitrogens with zero attached hydrogens (tertiary/aromatic N) is 2. The Hall–Kier alpha value is 0.380. The lowest BCUT2D eigenvalue weighted by Gasteiger charge is -2.30. The molecule has 0 unspecified atom stereocenters. The van der Waals surface area contributed by atoms with Gasteiger partial charge in [0, 0.05) is 3.57 Å². The van der Waals surface area contributed by atoms with Gasteiger partial charge in [-0.15, -0.1) is 0 Å². The molecule has 0 aliphatic rings. The van der Waals surface area contributed by atoms with Crippen LogP contribution in [0.25, 0.3) is 0 Å². The Bertz CT molecular complexity index is 442. The van der Waals surface area contributed by atoms with E-state index in [2.05, 4.69) is 38.5 Å². The third-order valence-electron chi connectivity index (χ3n) is 2.12. The lowest BCUT2D eigenvalue weighted by atomic mass is 10.3. The average Bonchev–Trinajstić information content (AvgIpc) is 2.22. The van der Waals surface area contributed by atoms with Crippen molar-refractivity contribution in [3.8, 4) is 5.75 Å². The standard InChI is InChI=1S/C10H15BrIN2O2P/c1-13(2)17(15,14(3)4)16-10-7-8(12)5-6-9(10)11/h5-7H,1-4H3. The van der Waals surface area contributed by atoms with E-state index >= 15 is 0 Å². The number of hydrogen-bond donors (Lipinski definition) is 0. The van der Waals surface area contributed by atoms with Crippen LogP contribution in [0.15, 0.2) is 22.7 Å². The second kappa shape index (κ2) is 6.02. The van der Waals surface area contributed by atoms with Crippen LogP contribution in [-0.4, -0.2) is 37.5 Å². The minimum absolute atomic E-state index is 0.586. The largest absolute Gasteiger partial charge is 0.421 e. The molecule has 0 saturated heterocycles. The molecule has 0 spiro atoms. The highest BCUT2D eigenvalue weighted by molar-refractivity contribution is 14.1. The summed E-state index contributed by atoms with van der Waals surface area (Å²) in [6.07, 6.45) is 0. The van der Waals surface area contributed by atoms with Crippen LogP contribution in [-0.2, 0) is 4.57 Å².